The molecule has 2 rings (SSSR count). The fourth-order valence-electron chi connectivity index (χ4n) is 3.86. The smallest absolute Gasteiger partial charge is 0.190 e. The largest absolute Gasteiger partial charge is 0.356 e. The van der Waals surface area contributed by atoms with E-state index in [0.29, 0.717) is 5.92 Å². The van der Waals surface area contributed by atoms with E-state index in [9.17, 15) is 0 Å². The Bertz CT molecular complexity index is 614. The highest BCUT2D eigenvalue weighted by atomic mass is 32.2. The number of likely N-dealkylation sites (tertiary alicyclic amines) is 1. The summed E-state index contributed by atoms with van der Waals surface area (Å²) >= 11 is 1.67. The van der Waals surface area contributed by atoms with Crippen LogP contribution in [0.4, 0.5) is 0 Å². The molecule has 1 aromatic heterocycles. The molecule has 0 saturated carbocycles. The van der Waals surface area contributed by atoms with E-state index in [4.69, 9.17) is 0 Å². The third-order valence-electron chi connectivity index (χ3n) is 5.47. The van der Waals surface area contributed by atoms with E-state index in [1.54, 1.807) is 11.8 Å². The van der Waals surface area contributed by atoms with Crippen molar-refractivity contribution in [3.63, 3.8) is 0 Å². The zero-order valence-electron chi connectivity index (χ0n) is 19.1. The van der Waals surface area contributed by atoms with Crippen molar-refractivity contribution in [3.8, 4) is 0 Å². The Morgan fingerprint density at radius 2 is 1.97 bits per heavy atom. The third-order valence-corrected chi connectivity index (χ3v) is 6.14. The number of aliphatic imine (C=N–C) groups is 1. The van der Waals surface area contributed by atoms with Gasteiger partial charge < -0.3 is 20.1 Å². The highest BCUT2D eigenvalue weighted by Crippen LogP contribution is 2.17. The first-order valence-corrected chi connectivity index (χ1v) is 12.4. The zero-order chi connectivity index (χ0) is 21.1. The molecule has 0 spiro atoms. The van der Waals surface area contributed by atoms with Gasteiger partial charge in [-0.2, -0.15) is 0 Å². The molecule has 0 aromatic carbocycles. The first kappa shape index (κ1) is 24.0. The number of aryl methyl sites for hydroxylation is 1. The Hall–Kier alpha value is -1.28. The molecule has 2 heterocycles. The zero-order valence-corrected chi connectivity index (χ0v) is 19.9. The number of thioether (sulfide) groups is 1. The van der Waals surface area contributed by atoms with Gasteiger partial charge in [0.15, 0.2) is 11.1 Å². The third kappa shape index (κ3) is 8.16. The molecule has 0 aliphatic carbocycles. The highest BCUT2D eigenvalue weighted by Gasteiger charge is 2.17. The Balaban J connectivity index is 1.65. The minimum absolute atomic E-state index is 0.588. The normalized spacial score (nSPS) is 18.4. The minimum atomic E-state index is 0.588. The summed E-state index contributed by atoms with van der Waals surface area (Å²) < 4.78 is 2.27. The maximum absolute atomic E-state index is 4.40. The van der Waals surface area contributed by atoms with E-state index in [-0.39, 0.29) is 0 Å². The first-order chi connectivity index (χ1) is 14.0. The summed E-state index contributed by atoms with van der Waals surface area (Å²) in [4.78, 5) is 6.97. The molecule has 7 nitrogen and oxygen atoms in total. The van der Waals surface area contributed by atoms with Gasteiger partial charge in [0, 0.05) is 45.7 Å². The molecular formula is C21H41N7S. The molecule has 0 bridgehead atoms. The molecule has 0 radical (unpaired) electrons. The van der Waals surface area contributed by atoms with Gasteiger partial charge in [-0.25, -0.2) is 0 Å². The van der Waals surface area contributed by atoms with Crippen molar-refractivity contribution in [2.45, 2.75) is 77.0 Å². The van der Waals surface area contributed by atoms with Crippen LogP contribution in [0.15, 0.2) is 10.1 Å². The van der Waals surface area contributed by atoms with Gasteiger partial charge in [0.05, 0.1) is 0 Å². The van der Waals surface area contributed by atoms with Crippen LogP contribution in [0.1, 0.15) is 58.7 Å². The molecule has 2 N–H and O–H groups in total. The van der Waals surface area contributed by atoms with Gasteiger partial charge >= 0.3 is 0 Å². The molecule has 1 atom stereocenters. The summed E-state index contributed by atoms with van der Waals surface area (Å²) in [5.41, 5.74) is 0. The average Bonchev–Trinajstić information content (AvgIpc) is 3.08. The molecule has 1 aliphatic heterocycles. The van der Waals surface area contributed by atoms with Crippen LogP contribution in [0.5, 0.6) is 0 Å². The lowest BCUT2D eigenvalue weighted by atomic mass is 10.0. The lowest BCUT2D eigenvalue weighted by Gasteiger charge is -2.33. The summed E-state index contributed by atoms with van der Waals surface area (Å²) in [5, 5.41) is 16.6. The van der Waals surface area contributed by atoms with Crippen LogP contribution < -0.4 is 10.6 Å². The van der Waals surface area contributed by atoms with E-state index in [1.165, 1.54) is 32.4 Å². The summed E-state index contributed by atoms with van der Waals surface area (Å²) in [7, 11) is 1.84. The van der Waals surface area contributed by atoms with Gasteiger partial charge in [-0.3, -0.25) is 4.99 Å². The quantitative estimate of drug-likeness (QED) is 0.247. The first-order valence-electron chi connectivity index (χ1n) is 11.2. The van der Waals surface area contributed by atoms with E-state index in [1.807, 2.05) is 7.05 Å². The highest BCUT2D eigenvalue weighted by molar-refractivity contribution is 7.98. The van der Waals surface area contributed by atoms with Gasteiger partial charge in [-0.1, -0.05) is 32.0 Å². The Morgan fingerprint density at radius 1 is 1.21 bits per heavy atom. The predicted octanol–water partition coefficient (Wildman–Crippen LogP) is 3.02. The molecule has 1 saturated heterocycles. The molecule has 29 heavy (non-hydrogen) atoms. The second kappa shape index (κ2) is 13.1. The molecule has 8 heteroatoms. The van der Waals surface area contributed by atoms with Crippen LogP contribution in [-0.2, 0) is 13.0 Å². The topological polar surface area (TPSA) is 70.4 Å². The lowest BCUT2D eigenvalue weighted by Crippen LogP contribution is -2.41. The van der Waals surface area contributed by atoms with Gasteiger partial charge in [0.1, 0.15) is 5.82 Å². The van der Waals surface area contributed by atoms with E-state index in [0.717, 1.165) is 61.9 Å². The van der Waals surface area contributed by atoms with Crippen molar-refractivity contribution in [1.82, 2.24) is 30.3 Å². The van der Waals surface area contributed by atoms with Crippen molar-refractivity contribution in [1.29, 1.82) is 0 Å². The molecule has 1 unspecified atom stereocenters. The van der Waals surface area contributed by atoms with Gasteiger partial charge in [-0.15, -0.1) is 10.2 Å². The van der Waals surface area contributed by atoms with Crippen LogP contribution in [0.2, 0.25) is 0 Å². The van der Waals surface area contributed by atoms with Crippen molar-refractivity contribution in [2.24, 2.45) is 10.9 Å². The number of rotatable bonds is 11. The van der Waals surface area contributed by atoms with E-state index in [2.05, 4.69) is 62.3 Å². The van der Waals surface area contributed by atoms with Gasteiger partial charge in [-0.05, 0) is 51.3 Å². The summed E-state index contributed by atoms with van der Waals surface area (Å²) in [6.07, 6.45) is 9.24. The van der Waals surface area contributed by atoms with Crippen LogP contribution in [0, 0.1) is 5.92 Å². The van der Waals surface area contributed by atoms with Crippen LogP contribution in [-0.4, -0.2) is 71.1 Å². The number of aromatic nitrogens is 3. The fraction of sp³-hybridized carbons (Fsp3) is 0.857. The standard InChI is InChI=1S/C21H41N7S/c1-17(2)16-28-19(25-26-21(28)29-5)11-8-12-23-20(22-4)24-13-9-15-27-14-7-6-10-18(27)3/h17-18H,6-16H2,1-5H3,(H2,22,23,24). The van der Waals surface area contributed by atoms with Crippen LogP contribution in [0.25, 0.3) is 0 Å². The number of guanidine groups is 1. The van der Waals surface area contributed by atoms with Crippen molar-refractivity contribution in [2.75, 3.05) is 39.5 Å². The summed E-state index contributed by atoms with van der Waals surface area (Å²) in [6.45, 7) is 12.1. The fourth-order valence-corrected chi connectivity index (χ4v) is 4.38. The number of piperidine rings is 1. The SMILES string of the molecule is CN=C(NCCCc1nnc(SC)n1CC(C)C)NCCCN1CCCCC1C. The summed E-state index contributed by atoms with van der Waals surface area (Å²) in [6, 6.07) is 0.741. The Kier molecular flexibility index (Phi) is 10.8. The molecule has 0 amide bonds. The Labute approximate surface area is 181 Å². The van der Waals surface area contributed by atoms with Gasteiger partial charge in [0.2, 0.25) is 0 Å². The maximum atomic E-state index is 4.40. The molecule has 1 fully saturated rings. The molecular weight excluding hydrogens is 382 g/mol. The molecule has 1 aromatic rings. The van der Waals surface area contributed by atoms with Crippen LogP contribution >= 0.6 is 11.8 Å². The second-order valence-electron chi connectivity index (χ2n) is 8.37. The van der Waals surface area contributed by atoms with Crippen molar-refractivity contribution >= 4 is 17.7 Å². The van der Waals surface area contributed by atoms with Crippen molar-refractivity contribution in [3.05, 3.63) is 5.82 Å². The van der Waals surface area contributed by atoms with Crippen molar-refractivity contribution < 1.29 is 0 Å². The van der Waals surface area contributed by atoms with Crippen LogP contribution in [0.3, 0.4) is 0 Å². The minimum Gasteiger partial charge on any atom is -0.356 e. The number of nitrogens with one attached hydrogen (secondary N) is 2. The van der Waals surface area contributed by atoms with E-state index >= 15 is 0 Å². The number of nitrogens with zero attached hydrogens (tertiary/aromatic N) is 5. The molecule has 1 aliphatic rings. The number of hydrogen-bond donors (Lipinski definition) is 2. The maximum Gasteiger partial charge on any atom is 0.190 e. The van der Waals surface area contributed by atoms with E-state index < -0.39 is 0 Å². The number of hydrogen-bond acceptors (Lipinski definition) is 5. The average molecular weight is 424 g/mol. The lowest BCUT2D eigenvalue weighted by molar-refractivity contribution is 0.159. The molecule has 166 valence electrons. The Morgan fingerprint density at radius 3 is 2.62 bits per heavy atom. The van der Waals surface area contributed by atoms with Gasteiger partial charge in [0.25, 0.3) is 0 Å². The summed E-state index contributed by atoms with van der Waals surface area (Å²) in [5.74, 6) is 2.57. The monoisotopic (exact) mass is 423 g/mol. The predicted molar refractivity (Wildman–Crippen MR) is 124 cm³/mol. The second-order valence-corrected chi connectivity index (χ2v) is 9.14.